The van der Waals surface area contributed by atoms with E-state index in [4.69, 9.17) is 9.47 Å². The fourth-order valence-electron chi connectivity index (χ4n) is 5.19. The van der Waals surface area contributed by atoms with Gasteiger partial charge < -0.3 is 14.4 Å². The van der Waals surface area contributed by atoms with Crippen molar-refractivity contribution in [3.05, 3.63) is 0 Å². The van der Waals surface area contributed by atoms with E-state index in [-0.39, 0.29) is 0 Å². The van der Waals surface area contributed by atoms with Gasteiger partial charge in [0.05, 0.1) is 18.3 Å². The van der Waals surface area contributed by atoms with E-state index in [1.165, 1.54) is 64.7 Å². The summed E-state index contributed by atoms with van der Waals surface area (Å²) in [4.78, 5) is 5.35. The summed E-state index contributed by atoms with van der Waals surface area (Å²) >= 11 is 0. The summed E-state index contributed by atoms with van der Waals surface area (Å²) in [7, 11) is 4.09. The van der Waals surface area contributed by atoms with Gasteiger partial charge in [-0.2, -0.15) is 0 Å². The zero-order valence-corrected chi connectivity index (χ0v) is 15.0. The van der Waals surface area contributed by atoms with Crippen molar-refractivity contribution in [3.63, 3.8) is 0 Å². The van der Waals surface area contributed by atoms with Gasteiger partial charge in [-0.15, -0.1) is 0 Å². The van der Waals surface area contributed by atoms with Gasteiger partial charge in [0, 0.05) is 25.7 Å². The molecule has 4 rings (SSSR count). The maximum atomic E-state index is 6.29. The smallest absolute Gasteiger partial charge is 0.0628 e. The highest BCUT2D eigenvalue weighted by Gasteiger charge is 2.54. The zero-order valence-electron chi connectivity index (χ0n) is 15.0. The number of hydrogen-bond acceptors (Lipinski definition) is 4. The summed E-state index contributed by atoms with van der Waals surface area (Å²) in [5.74, 6) is 0.949. The van der Waals surface area contributed by atoms with Gasteiger partial charge in [-0.05, 0) is 77.4 Å². The maximum Gasteiger partial charge on any atom is 0.0628 e. The summed E-state index contributed by atoms with van der Waals surface area (Å²) in [6.07, 6.45) is 11.8. The predicted molar refractivity (Wildman–Crippen MR) is 91.7 cm³/mol. The molecule has 0 atom stereocenters. The van der Waals surface area contributed by atoms with Gasteiger partial charge in [-0.1, -0.05) is 0 Å². The molecule has 2 heterocycles. The van der Waals surface area contributed by atoms with E-state index in [2.05, 4.69) is 16.8 Å². The van der Waals surface area contributed by atoms with Crippen molar-refractivity contribution < 1.29 is 9.47 Å². The highest BCUT2D eigenvalue weighted by Crippen LogP contribution is 2.52. The van der Waals surface area contributed by atoms with E-state index in [0.29, 0.717) is 23.9 Å². The Kier molecular flexibility index (Phi) is 4.70. The molecule has 4 aliphatic rings. The van der Waals surface area contributed by atoms with Gasteiger partial charge in [0.1, 0.15) is 0 Å². The lowest BCUT2D eigenvalue weighted by Gasteiger charge is -2.45. The monoisotopic (exact) mass is 322 g/mol. The van der Waals surface area contributed by atoms with Gasteiger partial charge in [0.25, 0.3) is 0 Å². The number of likely N-dealkylation sites (tertiary alicyclic amines) is 2. The third-order valence-electron chi connectivity index (χ3n) is 7.08. The van der Waals surface area contributed by atoms with E-state index in [0.717, 1.165) is 18.8 Å². The lowest BCUT2D eigenvalue weighted by molar-refractivity contribution is -0.129. The second-order valence-electron chi connectivity index (χ2n) is 8.45. The van der Waals surface area contributed by atoms with Crippen molar-refractivity contribution in [2.24, 2.45) is 5.92 Å². The molecule has 2 aliphatic heterocycles. The molecule has 4 nitrogen and oxygen atoms in total. The molecule has 2 saturated heterocycles. The molecule has 0 unspecified atom stereocenters. The van der Waals surface area contributed by atoms with E-state index in [1.54, 1.807) is 0 Å². The van der Waals surface area contributed by atoms with E-state index in [1.807, 2.05) is 7.11 Å². The van der Waals surface area contributed by atoms with Gasteiger partial charge in [-0.25, -0.2) is 0 Å². The van der Waals surface area contributed by atoms with E-state index in [9.17, 15) is 0 Å². The predicted octanol–water partition coefficient (Wildman–Crippen LogP) is 2.52. The summed E-state index contributed by atoms with van der Waals surface area (Å²) in [5.41, 5.74) is 0.587. The van der Waals surface area contributed by atoms with E-state index < -0.39 is 0 Å². The molecule has 0 radical (unpaired) electrons. The first kappa shape index (κ1) is 16.3. The second-order valence-corrected chi connectivity index (χ2v) is 8.45. The van der Waals surface area contributed by atoms with Crippen molar-refractivity contribution >= 4 is 0 Å². The normalized spacial score (nSPS) is 36.8. The van der Waals surface area contributed by atoms with Gasteiger partial charge in [0.2, 0.25) is 0 Å². The molecule has 4 heteroatoms. The molecule has 0 amide bonds. The first-order valence-electron chi connectivity index (χ1n) is 9.81. The summed E-state index contributed by atoms with van der Waals surface area (Å²) in [6.45, 7) is 5.12. The first-order chi connectivity index (χ1) is 11.2. The van der Waals surface area contributed by atoms with Crippen molar-refractivity contribution in [3.8, 4) is 0 Å². The topological polar surface area (TPSA) is 24.9 Å². The lowest BCUT2D eigenvalue weighted by atomic mass is 9.85. The Labute approximate surface area is 141 Å². The van der Waals surface area contributed by atoms with Crippen LogP contribution in [0.4, 0.5) is 0 Å². The van der Waals surface area contributed by atoms with Crippen molar-refractivity contribution in [1.29, 1.82) is 0 Å². The molecule has 23 heavy (non-hydrogen) atoms. The molecule has 0 aromatic rings. The first-order valence-corrected chi connectivity index (χ1v) is 9.81. The van der Waals surface area contributed by atoms with Gasteiger partial charge >= 0.3 is 0 Å². The minimum Gasteiger partial charge on any atom is -0.381 e. The van der Waals surface area contributed by atoms with Crippen LogP contribution in [-0.2, 0) is 9.47 Å². The number of rotatable bonds is 5. The minimum absolute atomic E-state index is 0.458. The second kappa shape index (κ2) is 6.62. The van der Waals surface area contributed by atoms with Gasteiger partial charge in [-0.3, -0.25) is 4.90 Å². The number of ether oxygens (including phenoxy) is 2. The Morgan fingerprint density at radius 1 is 0.826 bits per heavy atom. The molecule has 4 fully saturated rings. The molecular weight excluding hydrogens is 288 g/mol. The highest BCUT2D eigenvalue weighted by atomic mass is 16.5. The third kappa shape index (κ3) is 3.33. The molecule has 0 bridgehead atoms. The maximum absolute atomic E-state index is 6.29. The summed E-state index contributed by atoms with van der Waals surface area (Å²) in [6, 6.07) is 0. The zero-order chi connectivity index (χ0) is 15.9. The van der Waals surface area contributed by atoms with Crippen LogP contribution in [0.1, 0.15) is 51.4 Å². The molecule has 2 saturated carbocycles. The average molecular weight is 322 g/mol. The Balaban J connectivity index is 1.23. The van der Waals surface area contributed by atoms with Crippen LogP contribution >= 0.6 is 0 Å². The SMILES string of the molecule is COC1CC(OC2CCN(C3(C4CCN(C)CC4)CC3)CC2)C1. The van der Waals surface area contributed by atoms with Crippen molar-refractivity contribution in [2.45, 2.75) is 75.2 Å². The number of piperidine rings is 2. The molecule has 0 aromatic carbocycles. The minimum atomic E-state index is 0.458. The van der Waals surface area contributed by atoms with Crippen LogP contribution in [0.2, 0.25) is 0 Å². The molecule has 0 N–H and O–H groups in total. The number of nitrogens with zero attached hydrogens (tertiary/aromatic N) is 2. The van der Waals surface area contributed by atoms with Crippen LogP contribution in [0.25, 0.3) is 0 Å². The lowest BCUT2D eigenvalue weighted by Crippen LogP contribution is -2.51. The fourth-order valence-corrected chi connectivity index (χ4v) is 5.19. The number of hydrogen-bond donors (Lipinski definition) is 0. The summed E-state index contributed by atoms with van der Waals surface area (Å²) < 4.78 is 11.6. The Hall–Kier alpha value is -0.160. The summed E-state index contributed by atoms with van der Waals surface area (Å²) in [5, 5.41) is 0. The van der Waals surface area contributed by atoms with Crippen molar-refractivity contribution in [2.75, 3.05) is 40.3 Å². The molecule has 2 aliphatic carbocycles. The van der Waals surface area contributed by atoms with Crippen molar-refractivity contribution in [1.82, 2.24) is 9.80 Å². The third-order valence-corrected chi connectivity index (χ3v) is 7.08. The quantitative estimate of drug-likeness (QED) is 0.776. The van der Waals surface area contributed by atoms with Gasteiger partial charge in [0.15, 0.2) is 0 Å². The average Bonchev–Trinajstić information content (AvgIpc) is 3.33. The van der Waals surface area contributed by atoms with Crippen LogP contribution in [0.3, 0.4) is 0 Å². The molecule has 0 aromatic heterocycles. The largest absolute Gasteiger partial charge is 0.381 e. The standard InChI is InChI=1S/C19H34N2O2/c1-20-9-3-15(4-10-20)19(7-8-19)21-11-5-16(6-12-21)23-18-13-17(14-18)22-2/h15-18H,3-14H2,1-2H3. The van der Waals surface area contributed by atoms with Crippen LogP contribution in [0.5, 0.6) is 0 Å². The van der Waals surface area contributed by atoms with Crippen LogP contribution < -0.4 is 0 Å². The van der Waals surface area contributed by atoms with Crippen LogP contribution in [0.15, 0.2) is 0 Å². The molecule has 132 valence electrons. The Morgan fingerprint density at radius 3 is 2.04 bits per heavy atom. The highest BCUT2D eigenvalue weighted by molar-refractivity contribution is 5.09. The van der Waals surface area contributed by atoms with Crippen LogP contribution in [0, 0.1) is 5.92 Å². The molecular formula is C19H34N2O2. The fraction of sp³-hybridized carbons (Fsp3) is 1.00. The number of methoxy groups -OCH3 is 1. The molecule has 0 spiro atoms. The Morgan fingerprint density at radius 2 is 1.48 bits per heavy atom. The van der Waals surface area contributed by atoms with E-state index >= 15 is 0 Å². The van der Waals surface area contributed by atoms with Crippen LogP contribution in [-0.4, -0.2) is 74.0 Å². The Bertz CT molecular complexity index is 390.